The molecule has 2 aromatic carbocycles. The van der Waals surface area contributed by atoms with Crippen LogP contribution in [0.4, 0.5) is 13.2 Å². The number of piperidine rings is 1. The summed E-state index contributed by atoms with van der Waals surface area (Å²) in [4.78, 5) is 2.49. The average molecular weight is 507 g/mol. The summed E-state index contributed by atoms with van der Waals surface area (Å²) >= 11 is 1.71. The predicted octanol–water partition coefficient (Wildman–Crippen LogP) is 6.08. The molecule has 2 saturated heterocycles. The molecule has 0 bridgehead atoms. The highest BCUT2D eigenvalue weighted by Gasteiger charge is 2.31. The third-order valence-corrected chi connectivity index (χ3v) is 8.57. The second kappa shape index (κ2) is 12.1. The van der Waals surface area contributed by atoms with Crippen LogP contribution >= 0.6 is 11.3 Å². The molecule has 2 aliphatic rings. The zero-order valence-electron chi connectivity index (χ0n) is 18.9. The molecule has 2 aliphatic heterocycles. The molecule has 3 nitrogen and oxygen atoms in total. The van der Waals surface area contributed by atoms with E-state index < -0.39 is 22.6 Å². The van der Waals surface area contributed by atoms with Crippen molar-refractivity contribution in [2.24, 2.45) is 5.92 Å². The van der Waals surface area contributed by atoms with Crippen molar-refractivity contribution in [1.29, 1.82) is 0 Å². The lowest BCUT2D eigenvalue weighted by atomic mass is 9.89. The number of nitrogens with zero attached hydrogens (tertiary/aromatic N) is 2. The lowest BCUT2D eigenvalue weighted by Gasteiger charge is -2.33. The first kappa shape index (κ1) is 25.1. The summed E-state index contributed by atoms with van der Waals surface area (Å²) < 4.78 is 54.6. The van der Waals surface area contributed by atoms with Gasteiger partial charge in [0, 0.05) is 25.7 Å². The second-order valence-corrected chi connectivity index (χ2v) is 11.1. The van der Waals surface area contributed by atoms with Crippen LogP contribution in [-0.4, -0.2) is 46.1 Å². The normalized spacial score (nSPS) is 20.6. The van der Waals surface area contributed by atoms with Crippen LogP contribution in [0.15, 0.2) is 70.3 Å². The van der Waals surface area contributed by atoms with Crippen LogP contribution in [0.3, 0.4) is 0 Å². The van der Waals surface area contributed by atoms with Crippen molar-refractivity contribution >= 4 is 22.3 Å². The Morgan fingerprint density at radius 1 is 0.882 bits per heavy atom. The number of likely N-dealkylation sites (tertiary alicyclic amines) is 1. The summed E-state index contributed by atoms with van der Waals surface area (Å²) in [5.74, 6) is -0.748. The van der Waals surface area contributed by atoms with E-state index in [4.69, 9.17) is 0 Å². The van der Waals surface area contributed by atoms with Crippen molar-refractivity contribution in [3.63, 3.8) is 0 Å². The maximum Gasteiger partial charge on any atom is 0.143 e. The van der Waals surface area contributed by atoms with Gasteiger partial charge in [-0.05, 0) is 84.8 Å². The van der Waals surface area contributed by atoms with E-state index in [9.17, 15) is 17.4 Å². The Labute approximate surface area is 205 Å². The highest BCUT2D eigenvalue weighted by molar-refractivity contribution is 7.82. The molecule has 182 valence electrons. The van der Waals surface area contributed by atoms with E-state index in [0.29, 0.717) is 24.9 Å². The van der Waals surface area contributed by atoms with E-state index >= 15 is 0 Å². The van der Waals surface area contributed by atoms with E-state index in [0.717, 1.165) is 51.0 Å². The fourth-order valence-corrected chi connectivity index (χ4v) is 6.39. The fraction of sp³-hybridized carbons (Fsp3) is 0.385. The molecule has 2 fully saturated rings. The van der Waals surface area contributed by atoms with Gasteiger partial charge in [-0.15, -0.1) is 0 Å². The van der Waals surface area contributed by atoms with Crippen molar-refractivity contribution in [3.8, 4) is 0 Å². The number of thiophene rings is 1. The minimum Gasteiger partial charge on any atom is -0.303 e. The van der Waals surface area contributed by atoms with E-state index in [1.807, 2.05) is 35.0 Å². The second-order valence-electron chi connectivity index (χ2n) is 8.79. The molecule has 8 heteroatoms. The summed E-state index contributed by atoms with van der Waals surface area (Å²) in [6.45, 7) is 4.24. The van der Waals surface area contributed by atoms with Gasteiger partial charge in [-0.2, -0.15) is 11.3 Å². The quantitative estimate of drug-likeness (QED) is 0.419. The molecule has 3 aromatic rings. The van der Waals surface area contributed by atoms with Crippen molar-refractivity contribution < 1.29 is 17.4 Å². The topological polar surface area (TPSA) is 23.6 Å². The first-order chi connectivity index (χ1) is 16.5. The molecule has 0 saturated carbocycles. The Morgan fingerprint density at radius 3 is 2.18 bits per heavy atom. The molecule has 3 heterocycles. The third-order valence-electron chi connectivity index (χ3n) is 6.44. The zero-order chi connectivity index (χ0) is 23.9. The third kappa shape index (κ3) is 6.78. The SMILES string of the molecule is O=S(c1ccc(F)cc1F)N1CCC(CN2CCC(c3ccc(F)cc3)CC2)C1.c1ccsc1. The van der Waals surface area contributed by atoms with Gasteiger partial charge in [0.05, 0.1) is 4.90 Å². The van der Waals surface area contributed by atoms with Crippen LogP contribution in [0.25, 0.3) is 0 Å². The van der Waals surface area contributed by atoms with E-state index in [1.54, 1.807) is 15.6 Å². The number of halogens is 3. The van der Waals surface area contributed by atoms with Gasteiger partial charge in [0.2, 0.25) is 0 Å². The first-order valence-electron chi connectivity index (χ1n) is 11.6. The van der Waals surface area contributed by atoms with Crippen LogP contribution in [0.2, 0.25) is 0 Å². The van der Waals surface area contributed by atoms with Gasteiger partial charge in [0.25, 0.3) is 0 Å². The maximum absolute atomic E-state index is 13.9. The van der Waals surface area contributed by atoms with E-state index in [1.165, 1.54) is 23.8 Å². The minimum absolute atomic E-state index is 0.0483. The summed E-state index contributed by atoms with van der Waals surface area (Å²) in [6, 6.07) is 14.1. The molecule has 0 radical (unpaired) electrons. The van der Waals surface area contributed by atoms with Gasteiger partial charge in [-0.3, -0.25) is 0 Å². The minimum atomic E-state index is -1.60. The zero-order valence-corrected chi connectivity index (χ0v) is 20.5. The standard InChI is InChI=1S/C22H25F3N2OS.C4H4S/c23-19-3-1-17(2-4-19)18-8-10-26(11-9-18)14-16-7-12-27(15-16)29(28)22-6-5-20(24)13-21(22)25;1-2-4-5-3-1/h1-6,13,16,18H,7-12,14-15H2;1-4H. The highest BCUT2D eigenvalue weighted by atomic mass is 32.2. The molecule has 34 heavy (non-hydrogen) atoms. The number of benzene rings is 2. The molecule has 2 unspecified atom stereocenters. The number of rotatable bonds is 5. The summed E-state index contributed by atoms with van der Waals surface area (Å²) in [5, 5.41) is 4.08. The van der Waals surface area contributed by atoms with Crippen LogP contribution in [-0.2, 0) is 11.0 Å². The molecule has 2 atom stereocenters. The Bertz CT molecular complexity index is 1040. The van der Waals surface area contributed by atoms with Gasteiger partial charge >= 0.3 is 0 Å². The molecule has 0 N–H and O–H groups in total. The molecule has 5 rings (SSSR count). The summed E-state index contributed by atoms with van der Waals surface area (Å²) in [7, 11) is -1.60. The van der Waals surface area contributed by atoms with Gasteiger partial charge in [0.1, 0.15) is 28.4 Å². The number of hydrogen-bond donors (Lipinski definition) is 0. The fourth-order valence-electron chi connectivity index (χ4n) is 4.63. The maximum atomic E-state index is 13.9. The smallest absolute Gasteiger partial charge is 0.143 e. The lowest BCUT2D eigenvalue weighted by molar-refractivity contribution is 0.185. The van der Waals surface area contributed by atoms with E-state index in [-0.39, 0.29) is 10.7 Å². The molecule has 1 aromatic heterocycles. The Hall–Kier alpha value is -2.00. The summed E-state index contributed by atoms with van der Waals surface area (Å²) in [6.07, 6.45) is 3.02. The van der Waals surface area contributed by atoms with Crippen molar-refractivity contribution in [1.82, 2.24) is 9.21 Å². The average Bonchev–Trinajstić information content (AvgIpc) is 3.56. The van der Waals surface area contributed by atoms with Crippen LogP contribution in [0.5, 0.6) is 0 Å². The molecular weight excluding hydrogens is 477 g/mol. The van der Waals surface area contributed by atoms with Crippen molar-refractivity contribution in [2.75, 3.05) is 32.7 Å². The van der Waals surface area contributed by atoms with Crippen LogP contribution in [0.1, 0.15) is 30.7 Å². The van der Waals surface area contributed by atoms with Gasteiger partial charge in [0.15, 0.2) is 0 Å². The van der Waals surface area contributed by atoms with Gasteiger partial charge in [-0.1, -0.05) is 24.3 Å². The Morgan fingerprint density at radius 2 is 1.56 bits per heavy atom. The van der Waals surface area contributed by atoms with Gasteiger partial charge < -0.3 is 4.90 Å². The highest BCUT2D eigenvalue weighted by Crippen LogP contribution is 2.30. The largest absolute Gasteiger partial charge is 0.303 e. The monoisotopic (exact) mass is 506 g/mol. The summed E-state index contributed by atoms with van der Waals surface area (Å²) in [5.41, 5.74) is 1.20. The molecule has 0 amide bonds. The lowest BCUT2D eigenvalue weighted by Crippen LogP contribution is -2.37. The van der Waals surface area contributed by atoms with E-state index in [2.05, 4.69) is 4.90 Å². The predicted molar refractivity (Wildman–Crippen MR) is 132 cm³/mol. The Balaban J connectivity index is 0.000000486. The van der Waals surface area contributed by atoms with Crippen molar-refractivity contribution in [2.45, 2.75) is 30.1 Å². The Kier molecular flexibility index (Phi) is 8.94. The molecular formula is C26H29F3N2OS2. The van der Waals surface area contributed by atoms with Crippen LogP contribution < -0.4 is 0 Å². The number of hydrogen-bond acceptors (Lipinski definition) is 3. The van der Waals surface area contributed by atoms with Gasteiger partial charge in [-0.25, -0.2) is 21.7 Å². The van der Waals surface area contributed by atoms with Crippen molar-refractivity contribution in [3.05, 3.63) is 88.4 Å². The first-order valence-corrected chi connectivity index (χ1v) is 13.6. The molecule has 0 spiro atoms. The molecule has 0 aliphatic carbocycles. The van der Waals surface area contributed by atoms with Crippen LogP contribution in [0, 0.1) is 23.4 Å².